The highest BCUT2D eigenvalue weighted by Gasteiger charge is 2.01. The van der Waals surface area contributed by atoms with Gasteiger partial charge in [0.15, 0.2) is 0 Å². The van der Waals surface area contributed by atoms with Gasteiger partial charge in [-0.05, 0) is 59.8 Å². The third-order valence-electron chi connectivity index (χ3n) is 2.40. The van der Waals surface area contributed by atoms with Crippen LogP contribution in [0.25, 0.3) is 0 Å². The van der Waals surface area contributed by atoms with Crippen LogP contribution in [0.5, 0.6) is 5.75 Å². The van der Waals surface area contributed by atoms with Crippen LogP contribution in [-0.4, -0.2) is 12.9 Å². The Morgan fingerprint density at radius 2 is 2.12 bits per heavy atom. The van der Waals surface area contributed by atoms with E-state index in [1.807, 2.05) is 12.1 Å². The van der Waals surface area contributed by atoms with Gasteiger partial charge in [-0.2, -0.15) is 0 Å². The Balaban J connectivity index is 2.31. The molecule has 0 saturated heterocycles. The molecule has 1 aromatic rings. The predicted molar refractivity (Wildman–Crippen MR) is 73.7 cm³/mol. The van der Waals surface area contributed by atoms with Crippen molar-refractivity contribution in [3.05, 3.63) is 40.9 Å². The van der Waals surface area contributed by atoms with Crippen LogP contribution in [0.1, 0.15) is 36.0 Å². The lowest BCUT2D eigenvalue weighted by molar-refractivity contribution is 0.112. The molecule has 1 aromatic carbocycles. The van der Waals surface area contributed by atoms with Gasteiger partial charge in [-0.15, -0.1) is 6.58 Å². The highest BCUT2D eigenvalue weighted by molar-refractivity contribution is 9.10. The van der Waals surface area contributed by atoms with E-state index in [1.54, 1.807) is 12.1 Å². The van der Waals surface area contributed by atoms with E-state index in [2.05, 4.69) is 22.5 Å². The number of carbonyl (C=O) groups excluding carboxylic acids is 1. The fraction of sp³-hybridized carbons (Fsp3) is 0.357. The topological polar surface area (TPSA) is 26.3 Å². The first kappa shape index (κ1) is 14.0. The van der Waals surface area contributed by atoms with Crippen LogP contribution < -0.4 is 4.74 Å². The van der Waals surface area contributed by atoms with Crippen LogP contribution in [0.15, 0.2) is 35.3 Å². The Labute approximate surface area is 111 Å². The van der Waals surface area contributed by atoms with Gasteiger partial charge in [0.25, 0.3) is 0 Å². The SMILES string of the molecule is C=CCCCCCOc1ccc(C=O)cc1Br. The average molecular weight is 297 g/mol. The van der Waals surface area contributed by atoms with Crippen molar-refractivity contribution in [3.8, 4) is 5.75 Å². The second-order valence-electron chi connectivity index (χ2n) is 3.79. The van der Waals surface area contributed by atoms with Gasteiger partial charge in [0.05, 0.1) is 11.1 Å². The number of allylic oxidation sites excluding steroid dienone is 1. The fourth-order valence-corrected chi connectivity index (χ4v) is 1.97. The molecule has 0 amide bonds. The summed E-state index contributed by atoms with van der Waals surface area (Å²) in [5, 5.41) is 0. The van der Waals surface area contributed by atoms with Crippen LogP contribution in [-0.2, 0) is 0 Å². The number of ether oxygens (including phenoxy) is 1. The molecule has 0 aliphatic heterocycles. The zero-order chi connectivity index (χ0) is 12.5. The fourth-order valence-electron chi connectivity index (χ4n) is 1.46. The molecular formula is C14H17BrO2. The normalized spacial score (nSPS) is 9.94. The largest absolute Gasteiger partial charge is 0.492 e. The summed E-state index contributed by atoms with van der Waals surface area (Å²) in [7, 11) is 0. The van der Waals surface area contributed by atoms with Crippen LogP contribution in [0.3, 0.4) is 0 Å². The number of aldehydes is 1. The zero-order valence-electron chi connectivity index (χ0n) is 9.82. The minimum Gasteiger partial charge on any atom is -0.492 e. The summed E-state index contributed by atoms with van der Waals surface area (Å²) in [4.78, 5) is 10.6. The molecular weight excluding hydrogens is 280 g/mol. The maximum atomic E-state index is 10.6. The van der Waals surface area contributed by atoms with Crippen molar-refractivity contribution in [2.24, 2.45) is 0 Å². The van der Waals surface area contributed by atoms with Gasteiger partial charge in [-0.3, -0.25) is 4.79 Å². The molecule has 0 N–H and O–H groups in total. The molecule has 3 heteroatoms. The maximum Gasteiger partial charge on any atom is 0.150 e. The predicted octanol–water partition coefficient (Wildman–Crippen LogP) is 4.39. The Bertz CT molecular complexity index is 374. The van der Waals surface area contributed by atoms with Gasteiger partial charge in [0.2, 0.25) is 0 Å². The molecule has 0 spiro atoms. The van der Waals surface area contributed by atoms with Crippen molar-refractivity contribution in [1.82, 2.24) is 0 Å². The Morgan fingerprint density at radius 1 is 1.29 bits per heavy atom. The molecule has 0 bridgehead atoms. The van der Waals surface area contributed by atoms with E-state index in [0.717, 1.165) is 42.2 Å². The van der Waals surface area contributed by atoms with Crippen molar-refractivity contribution < 1.29 is 9.53 Å². The van der Waals surface area contributed by atoms with E-state index >= 15 is 0 Å². The van der Waals surface area contributed by atoms with Crippen molar-refractivity contribution >= 4 is 22.2 Å². The van der Waals surface area contributed by atoms with Crippen LogP contribution in [0.4, 0.5) is 0 Å². The standard InChI is InChI=1S/C14H17BrO2/c1-2-3-4-5-6-9-17-14-8-7-12(11-16)10-13(14)15/h2,7-8,10-11H,1,3-6,9H2. The Kier molecular flexibility index (Phi) is 6.63. The Morgan fingerprint density at radius 3 is 2.76 bits per heavy atom. The zero-order valence-corrected chi connectivity index (χ0v) is 11.4. The van der Waals surface area contributed by atoms with E-state index in [9.17, 15) is 4.79 Å². The number of unbranched alkanes of at least 4 members (excludes halogenated alkanes) is 3. The molecule has 0 unspecified atom stereocenters. The average Bonchev–Trinajstić information content (AvgIpc) is 2.35. The van der Waals surface area contributed by atoms with E-state index in [-0.39, 0.29) is 0 Å². The van der Waals surface area contributed by atoms with E-state index in [1.165, 1.54) is 0 Å². The molecule has 0 aliphatic carbocycles. The number of hydrogen-bond acceptors (Lipinski definition) is 2. The molecule has 0 fully saturated rings. The number of halogens is 1. The van der Waals surface area contributed by atoms with Crippen LogP contribution in [0, 0.1) is 0 Å². The van der Waals surface area contributed by atoms with Gasteiger partial charge in [0.1, 0.15) is 12.0 Å². The summed E-state index contributed by atoms with van der Waals surface area (Å²) in [6.45, 7) is 4.39. The lowest BCUT2D eigenvalue weighted by Crippen LogP contribution is -1.98. The van der Waals surface area contributed by atoms with Gasteiger partial charge >= 0.3 is 0 Å². The van der Waals surface area contributed by atoms with E-state index in [0.29, 0.717) is 12.2 Å². The number of rotatable bonds is 8. The highest BCUT2D eigenvalue weighted by atomic mass is 79.9. The summed E-state index contributed by atoms with van der Waals surface area (Å²) in [6.07, 6.45) is 7.18. The summed E-state index contributed by atoms with van der Waals surface area (Å²) >= 11 is 3.38. The van der Waals surface area contributed by atoms with Gasteiger partial charge in [-0.1, -0.05) is 6.08 Å². The van der Waals surface area contributed by atoms with E-state index in [4.69, 9.17) is 4.74 Å². The molecule has 0 radical (unpaired) electrons. The molecule has 0 aromatic heterocycles. The minimum absolute atomic E-state index is 0.648. The molecule has 92 valence electrons. The third-order valence-corrected chi connectivity index (χ3v) is 3.02. The van der Waals surface area contributed by atoms with Gasteiger partial charge < -0.3 is 4.74 Å². The Hall–Kier alpha value is -1.09. The number of benzene rings is 1. The van der Waals surface area contributed by atoms with Gasteiger partial charge in [0, 0.05) is 5.56 Å². The van der Waals surface area contributed by atoms with Crippen LogP contribution >= 0.6 is 15.9 Å². The van der Waals surface area contributed by atoms with Crippen molar-refractivity contribution in [1.29, 1.82) is 0 Å². The van der Waals surface area contributed by atoms with Crippen molar-refractivity contribution in [3.63, 3.8) is 0 Å². The quantitative estimate of drug-likeness (QED) is 0.404. The summed E-state index contributed by atoms with van der Waals surface area (Å²) in [5.74, 6) is 0.791. The van der Waals surface area contributed by atoms with E-state index < -0.39 is 0 Å². The van der Waals surface area contributed by atoms with Crippen LogP contribution in [0.2, 0.25) is 0 Å². The lowest BCUT2D eigenvalue weighted by atomic mass is 10.2. The number of carbonyl (C=O) groups is 1. The molecule has 2 nitrogen and oxygen atoms in total. The smallest absolute Gasteiger partial charge is 0.150 e. The molecule has 0 aliphatic rings. The second-order valence-corrected chi connectivity index (χ2v) is 4.65. The number of hydrogen-bond donors (Lipinski definition) is 0. The molecule has 0 heterocycles. The first-order valence-electron chi connectivity index (χ1n) is 5.76. The monoisotopic (exact) mass is 296 g/mol. The molecule has 0 saturated carbocycles. The highest BCUT2D eigenvalue weighted by Crippen LogP contribution is 2.25. The third kappa shape index (κ3) is 5.18. The van der Waals surface area contributed by atoms with Crippen molar-refractivity contribution in [2.75, 3.05) is 6.61 Å². The molecule has 17 heavy (non-hydrogen) atoms. The summed E-state index contributed by atoms with van der Waals surface area (Å²) < 4.78 is 6.45. The lowest BCUT2D eigenvalue weighted by Gasteiger charge is -2.08. The first-order valence-corrected chi connectivity index (χ1v) is 6.55. The maximum absolute atomic E-state index is 10.6. The van der Waals surface area contributed by atoms with Gasteiger partial charge in [-0.25, -0.2) is 0 Å². The van der Waals surface area contributed by atoms with Crippen molar-refractivity contribution in [2.45, 2.75) is 25.7 Å². The summed E-state index contributed by atoms with van der Waals surface area (Å²) in [6, 6.07) is 5.34. The first-order chi connectivity index (χ1) is 8.27. The molecule has 1 rings (SSSR count). The molecule has 0 atom stereocenters. The minimum atomic E-state index is 0.648. The summed E-state index contributed by atoms with van der Waals surface area (Å²) in [5.41, 5.74) is 0.648. The second kappa shape index (κ2) is 8.07.